The summed E-state index contributed by atoms with van der Waals surface area (Å²) < 4.78 is 11.3. The maximum absolute atomic E-state index is 5.94. The fourth-order valence-corrected chi connectivity index (χ4v) is 3.25. The number of ether oxygens (including phenoxy) is 2. The van der Waals surface area contributed by atoms with E-state index in [1.807, 2.05) is 12.1 Å². The third-order valence-corrected chi connectivity index (χ3v) is 4.49. The Morgan fingerprint density at radius 2 is 1.80 bits per heavy atom. The van der Waals surface area contributed by atoms with Crippen LogP contribution in [0.3, 0.4) is 0 Å². The van der Waals surface area contributed by atoms with Crippen molar-refractivity contribution in [1.82, 2.24) is 0 Å². The summed E-state index contributed by atoms with van der Waals surface area (Å²) in [5.74, 6) is 1.58. The van der Waals surface area contributed by atoms with Gasteiger partial charge in [-0.2, -0.15) is 0 Å². The molecule has 126 valence electrons. The molecule has 3 heteroatoms. The maximum Gasteiger partial charge on any atom is 0.217 e. The molecule has 1 heterocycles. The summed E-state index contributed by atoms with van der Waals surface area (Å²) in [4.78, 5) is 4.79. The van der Waals surface area contributed by atoms with E-state index < -0.39 is 0 Å². The molecular weight excluding hydrogens is 310 g/mol. The zero-order chi connectivity index (χ0) is 17.4. The second-order valence-corrected chi connectivity index (χ2v) is 6.96. The number of nitrogens with zero attached hydrogens (tertiary/aromatic N) is 1. The smallest absolute Gasteiger partial charge is 0.217 e. The number of methoxy groups -OCH3 is 1. The lowest BCUT2D eigenvalue weighted by Gasteiger charge is -2.14. The van der Waals surface area contributed by atoms with Gasteiger partial charge in [0.25, 0.3) is 0 Å². The zero-order valence-corrected chi connectivity index (χ0v) is 14.7. The van der Waals surface area contributed by atoms with Gasteiger partial charge in [-0.1, -0.05) is 42.5 Å². The highest BCUT2D eigenvalue weighted by atomic mass is 16.5. The second kappa shape index (κ2) is 5.92. The topological polar surface area (TPSA) is 30.8 Å². The maximum atomic E-state index is 5.94. The van der Waals surface area contributed by atoms with Crippen LogP contribution in [0.4, 0.5) is 0 Å². The lowest BCUT2D eigenvalue weighted by Crippen LogP contribution is -2.17. The number of benzene rings is 3. The van der Waals surface area contributed by atoms with Gasteiger partial charge in [-0.25, -0.2) is 4.99 Å². The Kier molecular flexibility index (Phi) is 3.72. The Labute approximate surface area is 147 Å². The van der Waals surface area contributed by atoms with Crippen LogP contribution in [0.1, 0.15) is 19.4 Å². The minimum absolute atomic E-state index is 0.182. The lowest BCUT2D eigenvalue weighted by atomic mass is 9.93. The van der Waals surface area contributed by atoms with E-state index in [0.29, 0.717) is 6.61 Å². The molecule has 25 heavy (non-hydrogen) atoms. The van der Waals surface area contributed by atoms with Crippen LogP contribution in [0.2, 0.25) is 0 Å². The van der Waals surface area contributed by atoms with Crippen molar-refractivity contribution in [2.75, 3.05) is 13.7 Å². The van der Waals surface area contributed by atoms with E-state index in [4.69, 9.17) is 14.5 Å². The van der Waals surface area contributed by atoms with Gasteiger partial charge in [0.05, 0.1) is 12.6 Å². The van der Waals surface area contributed by atoms with E-state index in [1.54, 1.807) is 7.11 Å². The molecule has 0 N–H and O–H groups in total. The van der Waals surface area contributed by atoms with Crippen molar-refractivity contribution in [3.8, 4) is 16.9 Å². The highest BCUT2D eigenvalue weighted by molar-refractivity contribution is 6.10. The molecule has 0 saturated heterocycles. The van der Waals surface area contributed by atoms with E-state index in [9.17, 15) is 0 Å². The summed E-state index contributed by atoms with van der Waals surface area (Å²) in [7, 11) is 1.69. The predicted octanol–water partition coefficient (Wildman–Crippen LogP) is 5.07. The van der Waals surface area contributed by atoms with Crippen LogP contribution in [0.25, 0.3) is 21.9 Å². The first-order valence-electron chi connectivity index (χ1n) is 8.47. The minimum Gasteiger partial charge on any atom is -0.497 e. The average molecular weight is 331 g/mol. The van der Waals surface area contributed by atoms with Gasteiger partial charge in [0.15, 0.2) is 0 Å². The average Bonchev–Trinajstić information content (AvgIpc) is 3.00. The molecule has 3 aromatic rings. The highest BCUT2D eigenvalue weighted by Gasteiger charge is 2.28. The molecule has 0 amide bonds. The van der Waals surface area contributed by atoms with Gasteiger partial charge in [-0.15, -0.1) is 0 Å². The van der Waals surface area contributed by atoms with Crippen LogP contribution in [0.15, 0.2) is 65.7 Å². The van der Waals surface area contributed by atoms with Crippen molar-refractivity contribution in [3.05, 3.63) is 66.2 Å². The van der Waals surface area contributed by atoms with Gasteiger partial charge in [0, 0.05) is 11.1 Å². The van der Waals surface area contributed by atoms with Crippen LogP contribution in [-0.2, 0) is 4.74 Å². The molecule has 3 nitrogen and oxygen atoms in total. The van der Waals surface area contributed by atoms with Gasteiger partial charge in [0.2, 0.25) is 5.90 Å². The monoisotopic (exact) mass is 331 g/mol. The van der Waals surface area contributed by atoms with Crippen molar-refractivity contribution < 1.29 is 9.47 Å². The normalized spacial score (nSPS) is 15.7. The first kappa shape index (κ1) is 15.7. The molecule has 0 fully saturated rings. The quantitative estimate of drug-likeness (QED) is 0.671. The Morgan fingerprint density at radius 1 is 1.00 bits per heavy atom. The molecule has 0 unspecified atom stereocenters. The van der Waals surface area contributed by atoms with Crippen LogP contribution < -0.4 is 4.74 Å². The minimum atomic E-state index is -0.182. The Hall–Kier alpha value is -2.81. The molecule has 0 atom stereocenters. The van der Waals surface area contributed by atoms with Crippen molar-refractivity contribution in [2.24, 2.45) is 4.99 Å². The Bertz CT molecular complexity index is 958. The van der Waals surface area contributed by atoms with Crippen LogP contribution in [0.5, 0.6) is 5.75 Å². The van der Waals surface area contributed by atoms with Crippen LogP contribution in [-0.4, -0.2) is 25.2 Å². The molecule has 3 aromatic carbocycles. The Balaban J connectivity index is 2.00. The Morgan fingerprint density at radius 3 is 2.48 bits per heavy atom. The van der Waals surface area contributed by atoms with Gasteiger partial charge >= 0.3 is 0 Å². The standard InChI is InChI=1S/C22H21NO2/c1-22(2)14-25-21(23-22)19-11-9-16-13-17(24-3)10-12-18(16)20(19)15-7-5-4-6-8-15/h4-13H,14H2,1-3H3. The molecule has 0 spiro atoms. The molecule has 0 bridgehead atoms. The predicted molar refractivity (Wildman–Crippen MR) is 103 cm³/mol. The van der Waals surface area contributed by atoms with Crippen molar-refractivity contribution in [1.29, 1.82) is 0 Å². The van der Waals surface area contributed by atoms with E-state index in [1.165, 1.54) is 5.39 Å². The number of hydrogen-bond donors (Lipinski definition) is 0. The number of rotatable bonds is 3. The lowest BCUT2D eigenvalue weighted by molar-refractivity contribution is 0.279. The van der Waals surface area contributed by atoms with Crippen LogP contribution >= 0.6 is 0 Å². The van der Waals surface area contributed by atoms with Crippen LogP contribution in [0, 0.1) is 0 Å². The van der Waals surface area contributed by atoms with Crippen molar-refractivity contribution in [2.45, 2.75) is 19.4 Å². The molecule has 1 aliphatic rings. The van der Waals surface area contributed by atoms with E-state index in [0.717, 1.165) is 33.7 Å². The highest BCUT2D eigenvalue weighted by Crippen LogP contribution is 2.36. The van der Waals surface area contributed by atoms with Gasteiger partial charge in [0.1, 0.15) is 12.4 Å². The van der Waals surface area contributed by atoms with Gasteiger partial charge in [-0.3, -0.25) is 0 Å². The first-order chi connectivity index (χ1) is 12.1. The molecule has 0 saturated carbocycles. The third kappa shape index (κ3) is 2.86. The number of fused-ring (bicyclic) bond motifs is 1. The largest absolute Gasteiger partial charge is 0.497 e. The molecule has 4 rings (SSSR count). The summed E-state index contributed by atoms with van der Waals surface area (Å²) in [6, 6.07) is 20.8. The SMILES string of the molecule is COc1ccc2c(-c3ccccc3)c(C3=NC(C)(C)CO3)ccc2c1. The third-order valence-electron chi connectivity index (χ3n) is 4.49. The van der Waals surface area contributed by atoms with E-state index in [2.05, 4.69) is 62.4 Å². The zero-order valence-electron chi connectivity index (χ0n) is 14.7. The van der Waals surface area contributed by atoms with Gasteiger partial charge < -0.3 is 9.47 Å². The summed E-state index contributed by atoms with van der Waals surface area (Å²) in [5.41, 5.74) is 3.16. The second-order valence-electron chi connectivity index (χ2n) is 6.96. The van der Waals surface area contributed by atoms with E-state index >= 15 is 0 Å². The van der Waals surface area contributed by atoms with Crippen molar-refractivity contribution in [3.63, 3.8) is 0 Å². The molecule has 0 radical (unpaired) electrons. The number of hydrogen-bond acceptors (Lipinski definition) is 3. The fraction of sp³-hybridized carbons (Fsp3) is 0.227. The first-order valence-corrected chi connectivity index (χ1v) is 8.47. The number of aliphatic imine (C=N–C) groups is 1. The summed E-state index contributed by atoms with van der Waals surface area (Å²) in [6.07, 6.45) is 0. The molecular formula is C22H21NO2. The van der Waals surface area contributed by atoms with E-state index in [-0.39, 0.29) is 5.54 Å². The summed E-state index contributed by atoms with van der Waals surface area (Å²) >= 11 is 0. The summed E-state index contributed by atoms with van der Waals surface area (Å²) in [5, 5.41) is 2.31. The molecule has 0 aliphatic carbocycles. The molecule has 1 aliphatic heterocycles. The van der Waals surface area contributed by atoms with Crippen molar-refractivity contribution >= 4 is 16.7 Å². The molecule has 0 aromatic heterocycles. The summed E-state index contributed by atoms with van der Waals surface area (Å²) in [6.45, 7) is 4.79. The van der Waals surface area contributed by atoms with Gasteiger partial charge in [-0.05, 0) is 48.4 Å². The fourth-order valence-electron chi connectivity index (χ4n) is 3.25.